The van der Waals surface area contributed by atoms with Gasteiger partial charge in [0.05, 0.1) is 0 Å². The molecule has 0 atom stereocenters. The molecule has 0 amide bonds. The summed E-state index contributed by atoms with van der Waals surface area (Å²) in [6.07, 6.45) is 4.75. The van der Waals surface area contributed by atoms with Crippen molar-refractivity contribution in [1.29, 1.82) is 0 Å². The lowest BCUT2D eigenvalue weighted by atomic mass is 9.63. The molecule has 1 heterocycles. The highest BCUT2D eigenvalue weighted by atomic mass is 16.1. The number of hydrogen-bond acceptors (Lipinski definition) is 2. The van der Waals surface area contributed by atoms with Crippen molar-refractivity contribution in [2.75, 3.05) is 0 Å². The second kappa shape index (κ2) is 5.91. The lowest BCUT2D eigenvalue weighted by Gasteiger charge is -2.41. The Morgan fingerprint density at radius 1 is 0.958 bits per heavy atom. The van der Waals surface area contributed by atoms with Gasteiger partial charge in [-0.3, -0.25) is 4.79 Å². The van der Waals surface area contributed by atoms with E-state index in [1.54, 1.807) is 18.3 Å². The Balaban J connectivity index is 1.97. The summed E-state index contributed by atoms with van der Waals surface area (Å²) in [5, 5.41) is 0. The summed E-state index contributed by atoms with van der Waals surface area (Å²) in [4.78, 5) is 14.9. The maximum absolute atomic E-state index is 10.7. The summed E-state index contributed by atoms with van der Waals surface area (Å²) in [6.45, 7) is 9.28. The molecule has 2 heteroatoms. The monoisotopic (exact) mass is 317 g/mol. The molecule has 0 saturated carbocycles. The molecule has 0 saturated heterocycles. The fourth-order valence-corrected chi connectivity index (χ4v) is 3.35. The van der Waals surface area contributed by atoms with Gasteiger partial charge in [0, 0.05) is 17.3 Å². The topological polar surface area (TPSA) is 30.0 Å². The Labute approximate surface area is 144 Å². The number of carbonyl (C=O) groups is 1. The van der Waals surface area contributed by atoms with Crippen LogP contribution in [-0.2, 0) is 10.8 Å². The van der Waals surface area contributed by atoms with Crippen LogP contribution in [0.1, 0.15) is 73.3 Å². The molecule has 0 bridgehead atoms. The van der Waals surface area contributed by atoms with E-state index in [4.69, 9.17) is 0 Å². The van der Waals surface area contributed by atoms with E-state index < -0.39 is 0 Å². The molecule has 1 aromatic carbocycles. The van der Waals surface area contributed by atoms with Gasteiger partial charge in [-0.2, -0.15) is 0 Å². The van der Waals surface area contributed by atoms with Crippen LogP contribution >= 0.6 is 0 Å². The Morgan fingerprint density at radius 2 is 1.67 bits per heavy atom. The molecule has 0 aliphatic heterocycles. The van der Waals surface area contributed by atoms with Gasteiger partial charge in [-0.05, 0) is 65.0 Å². The molecule has 3 rings (SSSR count). The Hall–Kier alpha value is -2.40. The zero-order chi connectivity index (χ0) is 17.4. The van der Waals surface area contributed by atoms with E-state index in [-0.39, 0.29) is 10.8 Å². The van der Waals surface area contributed by atoms with E-state index in [1.807, 2.05) is 0 Å². The highest BCUT2D eigenvalue weighted by molar-refractivity contribution is 5.74. The summed E-state index contributed by atoms with van der Waals surface area (Å²) in [6, 6.07) is 10.1. The van der Waals surface area contributed by atoms with Crippen LogP contribution in [0.15, 0.2) is 36.5 Å². The molecule has 0 N–H and O–H groups in total. The Morgan fingerprint density at radius 3 is 2.29 bits per heavy atom. The van der Waals surface area contributed by atoms with Gasteiger partial charge in [0.25, 0.3) is 0 Å². The number of rotatable bonds is 1. The maximum Gasteiger partial charge on any atom is 0.151 e. The smallest absolute Gasteiger partial charge is 0.151 e. The van der Waals surface area contributed by atoms with Crippen molar-refractivity contribution in [3.8, 4) is 11.8 Å². The van der Waals surface area contributed by atoms with E-state index in [0.29, 0.717) is 11.3 Å². The molecule has 0 radical (unpaired) electrons. The summed E-state index contributed by atoms with van der Waals surface area (Å²) in [5.41, 5.74) is 5.53. The average molecular weight is 317 g/mol. The fraction of sp³-hybridized carbons (Fsp3) is 0.364. The van der Waals surface area contributed by atoms with E-state index in [0.717, 1.165) is 11.8 Å². The van der Waals surface area contributed by atoms with Crippen molar-refractivity contribution < 1.29 is 4.79 Å². The van der Waals surface area contributed by atoms with Gasteiger partial charge in [-0.25, -0.2) is 4.98 Å². The zero-order valence-corrected chi connectivity index (χ0v) is 14.8. The number of aromatic nitrogens is 1. The molecule has 122 valence electrons. The van der Waals surface area contributed by atoms with Crippen LogP contribution in [0.5, 0.6) is 0 Å². The summed E-state index contributed by atoms with van der Waals surface area (Å²) in [7, 11) is 0. The highest BCUT2D eigenvalue weighted by Crippen LogP contribution is 2.45. The third kappa shape index (κ3) is 3.12. The minimum atomic E-state index is 0.187. The number of carbonyl (C=O) groups excluding carboxylic acids is 1. The van der Waals surface area contributed by atoms with Gasteiger partial charge in [-0.15, -0.1) is 0 Å². The van der Waals surface area contributed by atoms with Crippen molar-refractivity contribution in [2.24, 2.45) is 0 Å². The molecular weight excluding hydrogens is 294 g/mol. The molecular formula is C22H23NO. The average Bonchev–Trinajstić information content (AvgIpc) is 2.58. The zero-order valence-electron chi connectivity index (χ0n) is 14.8. The predicted octanol–water partition coefficient (Wildman–Crippen LogP) is 4.64. The minimum absolute atomic E-state index is 0.187. The quantitative estimate of drug-likeness (QED) is 0.566. The second-order valence-electron chi connectivity index (χ2n) is 7.87. The first-order chi connectivity index (χ1) is 11.3. The number of nitrogens with zero attached hydrogens (tertiary/aromatic N) is 1. The third-order valence-electron chi connectivity index (χ3n) is 5.11. The van der Waals surface area contributed by atoms with Gasteiger partial charge in [0.15, 0.2) is 6.29 Å². The van der Waals surface area contributed by atoms with E-state index in [1.165, 1.54) is 24.0 Å². The standard InChI is InChI=1S/C22H23NO/c1-21(2)11-12-22(3,4)20-13-16(7-10-19(20)21)5-8-18-9-6-17(15-24)14-23-18/h6-7,9-10,13-15H,11-12H2,1-4H3. The Kier molecular flexibility index (Phi) is 4.05. The first kappa shape index (κ1) is 16.5. The minimum Gasteiger partial charge on any atom is -0.298 e. The molecule has 24 heavy (non-hydrogen) atoms. The molecule has 0 spiro atoms. The van der Waals surface area contributed by atoms with Crippen molar-refractivity contribution in [2.45, 2.75) is 51.4 Å². The molecule has 2 nitrogen and oxygen atoms in total. The van der Waals surface area contributed by atoms with Gasteiger partial charge < -0.3 is 0 Å². The SMILES string of the molecule is CC1(C)CCC(C)(C)c2cc(C#Cc3ccc(C=O)cn3)ccc21. The fourth-order valence-electron chi connectivity index (χ4n) is 3.35. The van der Waals surface area contributed by atoms with E-state index in [9.17, 15) is 4.79 Å². The van der Waals surface area contributed by atoms with Crippen LogP contribution in [0.25, 0.3) is 0 Å². The lowest BCUT2D eigenvalue weighted by molar-refractivity contribution is 0.112. The van der Waals surface area contributed by atoms with E-state index >= 15 is 0 Å². The van der Waals surface area contributed by atoms with Crippen molar-refractivity contribution in [1.82, 2.24) is 4.98 Å². The first-order valence-electron chi connectivity index (χ1n) is 8.40. The number of aldehydes is 1. The third-order valence-corrected chi connectivity index (χ3v) is 5.11. The largest absolute Gasteiger partial charge is 0.298 e. The first-order valence-corrected chi connectivity index (χ1v) is 8.40. The van der Waals surface area contributed by atoms with Crippen LogP contribution < -0.4 is 0 Å². The molecule has 1 aliphatic carbocycles. The van der Waals surface area contributed by atoms with Crippen molar-refractivity contribution >= 4 is 6.29 Å². The van der Waals surface area contributed by atoms with Crippen LogP contribution in [-0.4, -0.2) is 11.3 Å². The summed E-state index contributed by atoms with van der Waals surface area (Å²) in [5.74, 6) is 6.30. The van der Waals surface area contributed by atoms with Gasteiger partial charge in [0.2, 0.25) is 0 Å². The van der Waals surface area contributed by atoms with E-state index in [2.05, 4.69) is 62.7 Å². The number of hydrogen-bond donors (Lipinski definition) is 0. The molecule has 1 aliphatic rings. The molecule has 0 fully saturated rings. The lowest BCUT2D eigenvalue weighted by Crippen LogP contribution is -2.33. The normalized spacial score (nSPS) is 17.3. The number of fused-ring (bicyclic) bond motifs is 1. The molecule has 2 aromatic rings. The van der Waals surface area contributed by atoms with Gasteiger partial charge in [0.1, 0.15) is 5.69 Å². The number of pyridine rings is 1. The number of benzene rings is 1. The molecule has 0 unspecified atom stereocenters. The molecule has 1 aromatic heterocycles. The Bertz CT molecular complexity index is 833. The van der Waals surface area contributed by atoms with Crippen LogP contribution in [0.3, 0.4) is 0 Å². The van der Waals surface area contributed by atoms with Gasteiger partial charge >= 0.3 is 0 Å². The highest BCUT2D eigenvalue weighted by Gasteiger charge is 2.36. The van der Waals surface area contributed by atoms with Crippen molar-refractivity contribution in [3.05, 3.63) is 64.5 Å². The van der Waals surface area contributed by atoms with Crippen LogP contribution in [0.4, 0.5) is 0 Å². The summed E-state index contributed by atoms with van der Waals surface area (Å²) >= 11 is 0. The maximum atomic E-state index is 10.7. The second-order valence-corrected chi connectivity index (χ2v) is 7.87. The van der Waals surface area contributed by atoms with Gasteiger partial charge in [-0.1, -0.05) is 39.7 Å². The van der Waals surface area contributed by atoms with Crippen LogP contribution in [0, 0.1) is 11.8 Å². The predicted molar refractivity (Wildman–Crippen MR) is 97.3 cm³/mol. The van der Waals surface area contributed by atoms with Crippen molar-refractivity contribution in [3.63, 3.8) is 0 Å². The summed E-state index contributed by atoms with van der Waals surface area (Å²) < 4.78 is 0. The van der Waals surface area contributed by atoms with Crippen LogP contribution in [0.2, 0.25) is 0 Å².